The van der Waals surface area contributed by atoms with Gasteiger partial charge in [0.2, 0.25) is 0 Å². The zero-order valence-corrected chi connectivity index (χ0v) is 32.7. The molecule has 1 heterocycles. The topological polar surface area (TPSA) is 16.4 Å². The van der Waals surface area contributed by atoms with Gasteiger partial charge < -0.3 is 9.32 Å². The van der Waals surface area contributed by atoms with Crippen LogP contribution in [0.25, 0.3) is 98.4 Å². The molecule has 1 aromatic heterocycles. The lowest BCUT2D eigenvalue weighted by atomic mass is 9.93. The van der Waals surface area contributed by atoms with E-state index in [0.29, 0.717) is 0 Å². The van der Waals surface area contributed by atoms with E-state index in [9.17, 15) is 0 Å². The van der Waals surface area contributed by atoms with Crippen LogP contribution in [0.4, 0.5) is 17.1 Å². The lowest BCUT2D eigenvalue weighted by Crippen LogP contribution is -2.09. The molecule has 11 aromatic carbocycles. The number of hydrogen-bond acceptors (Lipinski definition) is 2. The van der Waals surface area contributed by atoms with E-state index in [2.05, 4.69) is 229 Å². The molecule has 0 atom stereocenters. The molecule has 12 aromatic rings. The molecule has 0 aliphatic carbocycles. The minimum atomic E-state index is 0.898. The van der Waals surface area contributed by atoms with Crippen LogP contribution in [0.2, 0.25) is 0 Å². The Labute approximate surface area is 347 Å². The van der Waals surface area contributed by atoms with Gasteiger partial charge in [-0.2, -0.15) is 0 Å². The van der Waals surface area contributed by atoms with E-state index in [-0.39, 0.29) is 0 Å². The zero-order valence-electron chi connectivity index (χ0n) is 32.7. The molecular formula is C58H37NO. The van der Waals surface area contributed by atoms with E-state index in [4.69, 9.17) is 4.42 Å². The van der Waals surface area contributed by atoms with Crippen molar-refractivity contribution < 1.29 is 4.42 Å². The predicted molar refractivity (Wildman–Crippen MR) is 255 cm³/mol. The minimum absolute atomic E-state index is 0.898. The third-order valence-electron chi connectivity index (χ3n) is 12.2. The van der Waals surface area contributed by atoms with E-state index < -0.39 is 0 Å². The van der Waals surface area contributed by atoms with Crippen molar-refractivity contribution in [1.29, 1.82) is 0 Å². The second kappa shape index (κ2) is 13.9. The molecule has 60 heavy (non-hydrogen) atoms. The second-order valence-electron chi connectivity index (χ2n) is 15.7. The quantitative estimate of drug-likeness (QED) is 0.157. The number of benzene rings is 11. The Morgan fingerprint density at radius 2 is 0.817 bits per heavy atom. The first-order valence-corrected chi connectivity index (χ1v) is 20.6. The highest BCUT2D eigenvalue weighted by atomic mass is 16.3. The van der Waals surface area contributed by atoms with Gasteiger partial charge in [0.25, 0.3) is 0 Å². The SMILES string of the molecule is c1ccc2cc(-c3ccc(N(c4ccc(-c5cc6ccccc6c6ccccc56)cc4)c4ccc(-c5cccc6oc7c8ccccc8ccc7c56)cc4)cc3)ccc2c1. The lowest BCUT2D eigenvalue weighted by molar-refractivity contribution is 0.673. The summed E-state index contributed by atoms with van der Waals surface area (Å²) in [5.74, 6) is 0. The van der Waals surface area contributed by atoms with Crippen molar-refractivity contribution in [2.45, 2.75) is 0 Å². The Bertz CT molecular complexity index is 3580. The van der Waals surface area contributed by atoms with E-state index in [1.807, 2.05) is 0 Å². The molecule has 0 radical (unpaired) electrons. The predicted octanol–water partition coefficient (Wildman–Crippen LogP) is 16.7. The average Bonchev–Trinajstić information content (AvgIpc) is 3.72. The summed E-state index contributed by atoms with van der Waals surface area (Å²) in [4.78, 5) is 2.36. The van der Waals surface area contributed by atoms with Gasteiger partial charge in [-0.15, -0.1) is 0 Å². The normalized spacial score (nSPS) is 11.7. The van der Waals surface area contributed by atoms with Crippen LogP contribution in [-0.4, -0.2) is 0 Å². The molecule has 0 unspecified atom stereocenters. The Kier molecular flexibility index (Phi) is 7.89. The minimum Gasteiger partial charge on any atom is -0.455 e. The van der Waals surface area contributed by atoms with Crippen molar-refractivity contribution in [2.75, 3.05) is 4.90 Å². The fourth-order valence-electron chi connectivity index (χ4n) is 9.29. The van der Waals surface area contributed by atoms with E-state index in [0.717, 1.165) is 55.5 Å². The summed E-state index contributed by atoms with van der Waals surface area (Å²) in [5.41, 5.74) is 12.2. The molecule has 0 saturated heterocycles. The lowest BCUT2D eigenvalue weighted by Gasteiger charge is -2.26. The summed E-state index contributed by atoms with van der Waals surface area (Å²) in [7, 11) is 0. The van der Waals surface area contributed by atoms with Crippen LogP contribution >= 0.6 is 0 Å². The Morgan fingerprint density at radius 1 is 0.283 bits per heavy atom. The summed E-state index contributed by atoms with van der Waals surface area (Å²) in [6.45, 7) is 0. The number of rotatable bonds is 6. The Morgan fingerprint density at radius 3 is 1.53 bits per heavy atom. The van der Waals surface area contributed by atoms with Crippen molar-refractivity contribution in [3.8, 4) is 33.4 Å². The molecule has 0 fully saturated rings. The third kappa shape index (κ3) is 5.65. The third-order valence-corrected chi connectivity index (χ3v) is 12.2. The van der Waals surface area contributed by atoms with Crippen molar-refractivity contribution in [1.82, 2.24) is 0 Å². The summed E-state index contributed by atoms with van der Waals surface area (Å²) >= 11 is 0. The molecule has 280 valence electrons. The summed E-state index contributed by atoms with van der Waals surface area (Å²) in [6, 6.07) is 81.2. The van der Waals surface area contributed by atoms with Crippen molar-refractivity contribution in [3.05, 3.63) is 224 Å². The first-order valence-electron chi connectivity index (χ1n) is 20.6. The fraction of sp³-hybridized carbons (Fsp3) is 0. The highest BCUT2D eigenvalue weighted by molar-refractivity contribution is 6.19. The van der Waals surface area contributed by atoms with Crippen LogP contribution in [-0.2, 0) is 0 Å². The number of furan rings is 1. The highest BCUT2D eigenvalue weighted by Gasteiger charge is 2.18. The van der Waals surface area contributed by atoms with Crippen LogP contribution in [0.1, 0.15) is 0 Å². The number of hydrogen-bond donors (Lipinski definition) is 0. The Balaban J connectivity index is 0.962. The van der Waals surface area contributed by atoms with E-state index >= 15 is 0 Å². The maximum absolute atomic E-state index is 6.55. The van der Waals surface area contributed by atoms with Crippen LogP contribution in [0.5, 0.6) is 0 Å². The van der Waals surface area contributed by atoms with Gasteiger partial charge in [-0.05, 0) is 132 Å². The smallest absolute Gasteiger partial charge is 0.143 e. The van der Waals surface area contributed by atoms with Gasteiger partial charge >= 0.3 is 0 Å². The average molecular weight is 764 g/mol. The van der Waals surface area contributed by atoms with Gasteiger partial charge in [-0.25, -0.2) is 0 Å². The van der Waals surface area contributed by atoms with E-state index in [1.165, 1.54) is 60.0 Å². The van der Waals surface area contributed by atoms with Gasteiger partial charge in [0.05, 0.1) is 0 Å². The molecule has 0 saturated carbocycles. The fourth-order valence-corrected chi connectivity index (χ4v) is 9.29. The van der Waals surface area contributed by atoms with Crippen LogP contribution in [0.3, 0.4) is 0 Å². The molecule has 0 bridgehead atoms. The molecule has 2 heteroatoms. The van der Waals surface area contributed by atoms with Crippen molar-refractivity contribution in [2.24, 2.45) is 0 Å². The standard InChI is InChI=1S/C58H37NO/c1-2-12-43-36-44(21-20-38(43)10-1)39-22-29-46(30-23-39)59(48-33-26-42(27-34-48)55-37-45-13-4-5-14-49(45)52-16-7-8-17-53(52)55)47-31-24-41(25-32-47)50-18-9-19-56-57(50)54-35-28-40-11-3-6-15-51(40)58(54)60-56/h1-37H. The monoisotopic (exact) mass is 763 g/mol. The van der Waals surface area contributed by atoms with Crippen molar-refractivity contribution in [3.63, 3.8) is 0 Å². The largest absolute Gasteiger partial charge is 0.455 e. The molecule has 0 aliphatic heterocycles. The maximum atomic E-state index is 6.55. The van der Waals surface area contributed by atoms with Crippen LogP contribution in [0.15, 0.2) is 229 Å². The van der Waals surface area contributed by atoms with Gasteiger partial charge in [0.15, 0.2) is 0 Å². The molecule has 0 spiro atoms. The summed E-state index contributed by atoms with van der Waals surface area (Å²) < 4.78 is 6.55. The van der Waals surface area contributed by atoms with Gasteiger partial charge in [-0.1, -0.05) is 164 Å². The molecule has 12 rings (SSSR count). The first kappa shape index (κ1) is 34.1. The highest BCUT2D eigenvalue weighted by Crippen LogP contribution is 2.43. The number of anilines is 3. The number of fused-ring (bicyclic) bond motifs is 9. The maximum Gasteiger partial charge on any atom is 0.143 e. The summed E-state index contributed by atoms with van der Waals surface area (Å²) in [6.07, 6.45) is 0. The van der Waals surface area contributed by atoms with Crippen LogP contribution in [0, 0.1) is 0 Å². The second-order valence-corrected chi connectivity index (χ2v) is 15.7. The van der Waals surface area contributed by atoms with Crippen LogP contribution < -0.4 is 4.90 Å². The molecule has 0 aliphatic rings. The molecular weight excluding hydrogens is 727 g/mol. The van der Waals surface area contributed by atoms with Gasteiger partial charge in [0, 0.05) is 33.2 Å². The van der Waals surface area contributed by atoms with E-state index in [1.54, 1.807) is 0 Å². The Hall–Kier alpha value is -7.94. The van der Waals surface area contributed by atoms with Gasteiger partial charge in [-0.3, -0.25) is 0 Å². The zero-order chi connectivity index (χ0) is 39.6. The first-order chi connectivity index (χ1) is 29.7. The summed E-state index contributed by atoms with van der Waals surface area (Å²) in [5, 5.41) is 12.1. The van der Waals surface area contributed by atoms with Crippen molar-refractivity contribution >= 4 is 82.1 Å². The number of nitrogens with zero attached hydrogens (tertiary/aromatic N) is 1. The molecule has 0 N–H and O–H groups in total. The molecule has 2 nitrogen and oxygen atoms in total. The molecule has 0 amide bonds. The van der Waals surface area contributed by atoms with Gasteiger partial charge in [0.1, 0.15) is 11.2 Å².